The van der Waals surface area contributed by atoms with Gasteiger partial charge in [-0.2, -0.15) is 0 Å². The first-order valence-corrected chi connectivity index (χ1v) is 11.1. The van der Waals surface area contributed by atoms with Crippen molar-refractivity contribution in [2.24, 2.45) is 10.9 Å². The van der Waals surface area contributed by atoms with Crippen molar-refractivity contribution < 1.29 is 9.47 Å². The third-order valence-electron chi connectivity index (χ3n) is 5.59. The smallest absolute Gasteiger partial charge is 0.193 e. The summed E-state index contributed by atoms with van der Waals surface area (Å²) in [6, 6.07) is 8.89. The summed E-state index contributed by atoms with van der Waals surface area (Å²) in [4.78, 5) is 9.57. The van der Waals surface area contributed by atoms with Crippen LogP contribution in [0.15, 0.2) is 29.3 Å². The van der Waals surface area contributed by atoms with Crippen LogP contribution in [0.3, 0.4) is 0 Å². The van der Waals surface area contributed by atoms with E-state index in [4.69, 9.17) is 14.5 Å². The van der Waals surface area contributed by atoms with E-state index < -0.39 is 0 Å². The van der Waals surface area contributed by atoms with Gasteiger partial charge in [-0.05, 0) is 38.3 Å². The molecule has 0 amide bonds. The lowest BCUT2D eigenvalue weighted by molar-refractivity contribution is -0.0704. The summed E-state index contributed by atoms with van der Waals surface area (Å²) in [5.74, 6) is 1.58. The van der Waals surface area contributed by atoms with Crippen LogP contribution in [0.5, 0.6) is 0 Å². The fraction of sp³-hybridized carbons (Fsp3) is 0.696. The molecule has 0 spiro atoms. The molecular formula is C23H38N4O2. The Morgan fingerprint density at radius 2 is 1.86 bits per heavy atom. The van der Waals surface area contributed by atoms with Crippen molar-refractivity contribution >= 4 is 5.96 Å². The van der Waals surface area contributed by atoms with Gasteiger partial charge < -0.3 is 19.7 Å². The Labute approximate surface area is 176 Å². The zero-order valence-corrected chi connectivity index (χ0v) is 18.6. The number of hydrogen-bond donors (Lipinski definition) is 1. The average molecular weight is 403 g/mol. The first-order valence-electron chi connectivity index (χ1n) is 11.1. The number of guanidine groups is 1. The summed E-state index contributed by atoms with van der Waals surface area (Å²) in [5.41, 5.74) is 2.59. The number of ether oxygens (including phenoxy) is 2. The molecule has 1 aromatic rings. The maximum Gasteiger partial charge on any atom is 0.193 e. The van der Waals surface area contributed by atoms with E-state index in [9.17, 15) is 0 Å². The summed E-state index contributed by atoms with van der Waals surface area (Å²) < 4.78 is 11.3. The number of benzene rings is 1. The molecule has 6 heteroatoms. The molecule has 3 rings (SSSR count). The molecule has 3 unspecified atom stereocenters. The topological polar surface area (TPSA) is 49.3 Å². The summed E-state index contributed by atoms with van der Waals surface area (Å²) in [6.45, 7) is 13.7. The van der Waals surface area contributed by atoms with E-state index in [1.807, 2.05) is 0 Å². The molecule has 2 fully saturated rings. The summed E-state index contributed by atoms with van der Waals surface area (Å²) in [5, 5.41) is 3.42. The first kappa shape index (κ1) is 22.1. The Balaban J connectivity index is 1.54. The molecule has 0 saturated carbocycles. The van der Waals surface area contributed by atoms with E-state index >= 15 is 0 Å². The minimum Gasteiger partial charge on any atom is -0.381 e. The lowest BCUT2D eigenvalue weighted by Gasteiger charge is -2.35. The molecular weight excluding hydrogens is 364 g/mol. The number of morpholine rings is 1. The summed E-state index contributed by atoms with van der Waals surface area (Å²) in [7, 11) is 2.12. The lowest BCUT2D eigenvalue weighted by Crippen LogP contribution is -2.44. The molecule has 0 bridgehead atoms. The van der Waals surface area contributed by atoms with E-state index in [1.165, 1.54) is 11.1 Å². The monoisotopic (exact) mass is 402 g/mol. The SMILES string of the molecule is CCNC(=NCc1ccc(CN2CC(C)OC(C)C2)cc1)N(C)CC1CCOC1. The maximum absolute atomic E-state index is 5.84. The van der Waals surface area contributed by atoms with Crippen LogP contribution in [0.2, 0.25) is 0 Å². The highest BCUT2D eigenvalue weighted by molar-refractivity contribution is 5.79. The molecule has 1 aromatic carbocycles. The quantitative estimate of drug-likeness (QED) is 0.561. The van der Waals surface area contributed by atoms with Crippen LogP contribution >= 0.6 is 0 Å². The van der Waals surface area contributed by atoms with Gasteiger partial charge in [-0.3, -0.25) is 4.90 Å². The highest BCUT2D eigenvalue weighted by Gasteiger charge is 2.22. The van der Waals surface area contributed by atoms with Gasteiger partial charge in [-0.25, -0.2) is 4.99 Å². The second-order valence-corrected chi connectivity index (χ2v) is 8.55. The van der Waals surface area contributed by atoms with Crippen molar-refractivity contribution in [2.45, 2.75) is 52.5 Å². The van der Waals surface area contributed by atoms with Crippen LogP contribution in [0.1, 0.15) is 38.3 Å². The van der Waals surface area contributed by atoms with Crippen molar-refractivity contribution in [1.82, 2.24) is 15.1 Å². The molecule has 2 aliphatic rings. The molecule has 6 nitrogen and oxygen atoms in total. The lowest BCUT2D eigenvalue weighted by atomic mass is 10.1. The number of nitrogens with one attached hydrogen (secondary N) is 1. The summed E-state index contributed by atoms with van der Waals surface area (Å²) in [6.07, 6.45) is 1.76. The van der Waals surface area contributed by atoms with Gasteiger partial charge in [0.2, 0.25) is 0 Å². The number of nitrogens with zero attached hydrogens (tertiary/aromatic N) is 3. The van der Waals surface area contributed by atoms with Crippen molar-refractivity contribution in [3.63, 3.8) is 0 Å². The van der Waals surface area contributed by atoms with E-state index in [1.54, 1.807) is 0 Å². The van der Waals surface area contributed by atoms with Gasteiger partial charge in [0.15, 0.2) is 5.96 Å². The normalized spacial score (nSPS) is 25.9. The molecule has 0 radical (unpaired) electrons. The second kappa shape index (κ2) is 11.0. The van der Waals surface area contributed by atoms with Gasteiger partial charge in [-0.15, -0.1) is 0 Å². The highest BCUT2D eigenvalue weighted by Crippen LogP contribution is 2.16. The van der Waals surface area contributed by atoms with Gasteiger partial charge in [0.05, 0.1) is 25.4 Å². The Morgan fingerprint density at radius 1 is 1.17 bits per heavy atom. The van der Waals surface area contributed by atoms with Crippen molar-refractivity contribution in [1.29, 1.82) is 0 Å². The zero-order valence-electron chi connectivity index (χ0n) is 18.6. The van der Waals surface area contributed by atoms with Crippen molar-refractivity contribution in [2.75, 3.05) is 46.4 Å². The fourth-order valence-electron chi connectivity index (χ4n) is 4.26. The molecule has 0 aromatic heterocycles. The maximum atomic E-state index is 5.84. The Hall–Kier alpha value is -1.63. The third kappa shape index (κ3) is 6.98. The molecule has 2 aliphatic heterocycles. The predicted octanol–water partition coefficient (Wildman–Crippen LogP) is 2.73. The molecule has 29 heavy (non-hydrogen) atoms. The number of aliphatic imine (C=N–C) groups is 1. The Kier molecular flexibility index (Phi) is 8.33. The van der Waals surface area contributed by atoms with Gasteiger partial charge in [0, 0.05) is 52.3 Å². The van der Waals surface area contributed by atoms with Gasteiger partial charge >= 0.3 is 0 Å². The van der Waals surface area contributed by atoms with Crippen LogP contribution in [-0.4, -0.2) is 74.4 Å². The van der Waals surface area contributed by atoms with E-state index in [0.29, 0.717) is 24.7 Å². The Morgan fingerprint density at radius 3 is 2.48 bits per heavy atom. The van der Waals surface area contributed by atoms with Gasteiger partial charge in [0.1, 0.15) is 0 Å². The summed E-state index contributed by atoms with van der Waals surface area (Å²) >= 11 is 0. The van der Waals surface area contributed by atoms with Crippen molar-refractivity contribution in [3.05, 3.63) is 35.4 Å². The first-order chi connectivity index (χ1) is 14.0. The molecule has 2 saturated heterocycles. The second-order valence-electron chi connectivity index (χ2n) is 8.55. The average Bonchev–Trinajstić information content (AvgIpc) is 3.18. The number of hydrogen-bond acceptors (Lipinski definition) is 4. The van der Waals surface area contributed by atoms with Crippen LogP contribution in [0, 0.1) is 5.92 Å². The van der Waals surface area contributed by atoms with E-state index in [2.05, 4.69) is 67.2 Å². The third-order valence-corrected chi connectivity index (χ3v) is 5.59. The van der Waals surface area contributed by atoms with Gasteiger partial charge in [0.25, 0.3) is 0 Å². The van der Waals surface area contributed by atoms with E-state index in [0.717, 1.165) is 58.3 Å². The van der Waals surface area contributed by atoms with Crippen LogP contribution in [-0.2, 0) is 22.6 Å². The Bertz CT molecular complexity index is 633. The minimum absolute atomic E-state index is 0.310. The molecule has 0 aliphatic carbocycles. The highest BCUT2D eigenvalue weighted by atomic mass is 16.5. The van der Waals surface area contributed by atoms with Crippen LogP contribution in [0.4, 0.5) is 0 Å². The fourth-order valence-corrected chi connectivity index (χ4v) is 4.26. The predicted molar refractivity (Wildman–Crippen MR) is 118 cm³/mol. The zero-order chi connectivity index (χ0) is 20.6. The molecule has 162 valence electrons. The van der Waals surface area contributed by atoms with Gasteiger partial charge in [-0.1, -0.05) is 24.3 Å². The molecule has 2 heterocycles. The van der Waals surface area contributed by atoms with Crippen LogP contribution in [0.25, 0.3) is 0 Å². The van der Waals surface area contributed by atoms with Crippen molar-refractivity contribution in [3.8, 4) is 0 Å². The number of rotatable bonds is 7. The minimum atomic E-state index is 0.310. The van der Waals surface area contributed by atoms with E-state index in [-0.39, 0.29) is 0 Å². The molecule has 1 N–H and O–H groups in total. The molecule has 3 atom stereocenters. The largest absolute Gasteiger partial charge is 0.381 e. The van der Waals surface area contributed by atoms with Crippen LogP contribution < -0.4 is 5.32 Å². The standard InChI is InChI=1S/C23H38N4O2/c1-5-24-23(26(4)15-22-10-11-28-17-22)25-12-20-6-8-21(9-7-20)16-27-13-18(2)29-19(3)14-27/h6-9,18-19,22H,5,10-17H2,1-4H3,(H,24,25).